The second-order valence-electron chi connectivity index (χ2n) is 6.60. The average Bonchev–Trinajstić information content (AvgIpc) is 3.12. The van der Waals surface area contributed by atoms with Crippen molar-refractivity contribution in [1.29, 1.82) is 0 Å². The highest BCUT2D eigenvalue weighted by molar-refractivity contribution is 7.13. The van der Waals surface area contributed by atoms with Gasteiger partial charge in [0, 0.05) is 50.2 Å². The fourth-order valence-electron chi connectivity index (χ4n) is 2.81. The summed E-state index contributed by atoms with van der Waals surface area (Å²) in [7, 11) is 4.10. The first-order valence-electron chi connectivity index (χ1n) is 8.51. The van der Waals surface area contributed by atoms with Crippen molar-refractivity contribution in [3.63, 3.8) is 0 Å². The van der Waals surface area contributed by atoms with E-state index in [2.05, 4.69) is 14.8 Å². The van der Waals surface area contributed by atoms with E-state index in [4.69, 9.17) is 0 Å². The van der Waals surface area contributed by atoms with E-state index in [0.29, 0.717) is 29.4 Å². The van der Waals surface area contributed by atoms with E-state index in [1.165, 1.54) is 17.4 Å². The van der Waals surface area contributed by atoms with Gasteiger partial charge in [0.15, 0.2) is 11.6 Å². The van der Waals surface area contributed by atoms with Gasteiger partial charge in [-0.1, -0.05) is 0 Å². The minimum absolute atomic E-state index is 0.109. The minimum atomic E-state index is -0.917. The Morgan fingerprint density at radius 1 is 1.19 bits per heavy atom. The molecule has 1 aliphatic heterocycles. The van der Waals surface area contributed by atoms with E-state index in [1.807, 2.05) is 14.1 Å². The Morgan fingerprint density at radius 2 is 1.92 bits per heavy atom. The molecule has 2 aromatic rings. The first-order valence-corrected chi connectivity index (χ1v) is 9.39. The highest BCUT2D eigenvalue weighted by Crippen LogP contribution is 2.26. The zero-order valence-corrected chi connectivity index (χ0v) is 15.7. The molecule has 8 heteroatoms. The number of nitrogens with zero attached hydrogens (tertiary/aromatic N) is 4. The van der Waals surface area contributed by atoms with Gasteiger partial charge in [0.2, 0.25) is 0 Å². The van der Waals surface area contributed by atoms with E-state index in [-0.39, 0.29) is 5.91 Å². The molecule has 0 saturated carbocycles. The second kappa shape index (κ2) is 8.20. The van der Waals surface area contributed by atoms with Crippen LogP contribution >= 0.6 is 11.3 Å². The molecule has 2 heterocycles. The molecule has 0 spiro atoms. The number of halogens is 2. The molecule has 1 fully saturated rings. The molecule has 0 N–H and O–H groups in total. The number of thiazole rings is 1. The van der Waals surface area contributed by atoms with Gasteiger partial charge in [0.1, 0.15) is 10.7 Å². The number of amides is 1. The van der Waals surface area contributed by atoms with Gasteiger partial charge in [-0.05, 0) is 32.3 Å². The van der Waals surface area contributed by atoms with Crippen molar-refractivity contribution in [3.8, 4) is 10.6 Å². The van der Waals surface area contributed by atoms with Crippen molar-refractivity contribution >= 4 is 17.2 Å². The summed E-state index contributed by atoms with van der Waals surface area (Å²) in [5, 5.41) is 2.19. The fourth-order valence-corrected chi connectivity index (χ4v) is 3.60. The Labute approximate surface area is 155 Å². The van der Waals surface area contributed by atoms with E-state index < -0.39 is 11.6 Å². The van der Waals surface area contributed by atoms with Crippen LogP contribution in [0.25, 0.3) is 10.6 Å². The molecule has 1 saturated heterocycles. The highest BCUT2D eigenvalue weighted by Gasteiger charge is 2.24. The molecular weight excluding hydrogens is 358 g/mol. The second-order valence-corrected chi connectivity index (χ2v) is 7.46. The number of aromatic nitrogens is 1. The van der Waals surface area contributed by atoms with Crippen LogP contribution in [-0.2, 0) is 0 Å². The maximum Gasteiger partial charge on any atom is 0.273 e. The first-order chi connectivity index (χ1) is 12.4. The number of hydrogen-bond acceptors (Lipinski definition) is 5. The van der Waals surface area contributed by atoms with Gasteiger partial charge < -0.3 is 9.80 Å². The van der Waals surface area contributed by atoms with Gasteiger partial charge in [0.25, 0.3) is 5.91 Å². The molecule has 1 aromatic carbocycles. The number of piperazine rings is 1. The molecule has 1 aliphatic rings. The van der Waals surface area contributed by atoms with Crippen LogP contribution in [0, 0.1) is 11.6 Å². The van der Waals surface area contributed by atoms with Gasteiger partial charge in [-0.2, -0.15) is 0 Å². The Hall–Kier alpha value is -1.90. The zero-order valence-electron chi connectivity index (χ0n) is 14.9. The van der Waals surface area contributed by atoms with E-state index in [1.54, 1.807) is 10.3 Å². The largest absolute Gasteiger partial charge is 0.335 e. The van der Waals surface area contributed by atoms with Crippen molar-refractivity contribution in [1.82, 2.24) is 19.7 Å². The van der Waals surface area contributed by atoms with Crippen LogP contribution in [0.2, 0.25) is 0 Å². The van der Waals surface area contributed by atoms with Gasteiger partial charge in [-0.25, -0.2) is 13.8 Å². The SMILES string of the molecule is CN(C)CCN1CCN(C(=O)c2csc(-c3ccc(F)c(F)c3)n2)CC1. The van der Waals surface area contributed by atoms with Crippen molar-refractivity contribution in [2.75, 3.05) is 53.4 Å². The average molecular weight is 380 g/mol. The summed E-state index contributed by atoms with van der Waals surface area (Å²) in [6.07, 6.45) is 0. The van der Waals surface area contributed by atoms with Crippen LogP contribution in [-0.4, -0.2) is 79.0 Å². The van der Waals surface area contributed by atoms with Crippen LogP contribution in [0.3, 0.4) is 0 Å². The predicted octanol–water partition coefficient (Wildman–Crippen LogP) is 2.41. The molecule has 1 aromatic heterocycles. The molecule has 140 valence electrons. The van der Waals surface area contributed by atoms with Crippen molar-refractivity contribution < 1.29 is 13.6 Å². The Morgan fingerprint density at radius 3 is 2.58 bits per heavy atom. The standard InChI is InChI=1S/C18H22F2N4OS/c1-22(2)5-6-23-7-9-24(10-8-23)18(25)16-12-26-17(21-16)13-3-4-14(19)15(20)11-13/h3-4,11-12H,5-10H2,1-2H3. The molecule has 0 atom stereocenters. The number of carbonyl (C=O) groups is 1. The third-order valence-electron chi connectivity index (χ3n) is 4.41. The third kappa shape index (κ3) is 4.44. The van der Waals surface area contributed by atoms with E-state index >= 15 is 0 Å². The van der Waals surface area contributed by atoms with Crippen LogP contribution in [0.4, 0.5) is 8.78 Å². The van der Waals surface area contributed by atoms with Crippen molar-refractivity contribution in [2.45, 2.75) is 0 Å². The number of carbonyl (C=O) groups excluding carboxylic acids is 1. The van der Waals surface area contributed by atoms with Gasteiger partial charge in [0.05, 0.1) is 0 Å². The molecular formula is C18H22F2N4OS. The summed E-state index contributed by atoms with van der Waals surface area (Å²) >= 11 is 1.26. The van der Waals surface area contributed by atoms with Crippen LogP contribution in [0.5, 0.6) is 0 Å². The summed E-state index contributed by atoms with van der Waals surface area (Å²) in [6, 6.07) is 3.64. The molecule has 0 radical (unpaired) electrons. The highest BCUT2D eigenvalue weighted by atomic mass is 32.1. The lowest BCUT2D eigenvalue weighted by molar-refractivity contribution is 0.0625. The topological polar surface area (TPSA) is 39.7 Å². The Balaban J connectivity index is 1.61. The third-order valence-corrected chi connectivity index (χ3v) is 5.30. The lowest BCUT2D eigenvalue weighted by Crippen LogP contribution is -2.50. The maximum atomic E-state index is 13.4. The van der Waals surface area contributed by atoms with Gasteiger partial charge >= 0.3 is 0 Å². The lowest BCUT2D eigenvalue weighted by atomic mass is 10.2. The minimum Gasteiger partial charge on any atom is -0.335 e. The first kappa shape index (κ1) is 18.9. The molecule has 0 aliphatic carbocycles. The van der Waals surface area contributed by atoms with Crippen LogP contribution in [0.15, 0.2) is 23.6 Å². The quantitative estimate of drug-likeness (QED) is 0.799. The smallest absolute Gasteiger partial charge is 0.273 e. The summed E-state index contributed by atoms with van der Waals surface area (Å²) < 4.78 is 26.5. The maximum absolute atomic E-state index is 13.4. The van der Waals surface area contributed by atoms with Crippen LogP contribution < -0.4 is 0 Å². The molecule has 3 rings (SSSR count). The van der Waals surface area contributed by atoms with Crippen molar-refractivity contribution in [3.05, 3.63) is 40.9 Å². The number of hydrogen-bond donors (Lipinski definition) is 0. The van der Waals surface area contributed by atoms with Crippen molar-refractivity contribution in [2.24, 2.45) is 0 Å². The normalized spacial score (nSPS) is 15.7. The molecule has 5 nitrogen and oxygen atoms in total. The predicted molar refractivity (Wildman–Crippen MR) is 98.4 cm³/mol. The molecule has 0 unspecified atom stereocenters. The molecule has 26 heavy (non-hydrogen) atoms. The van der Waals surface area contributed by atoms with Crippen LogP contribution in [0.1, 0.15) is 10.5 Å². The van der Waals surface area contributed by atoms with E-state index in [0.717, 1.165) is 38.3 Å². The van der Waals surface area contributed by atoms with Gasteiger partial charge in [-0.15, -0.1) is 11.3 Å². The monoisotopic (exact) mass is 380 g/mol. The van der Waals surface area contributed by atoms with Gasteiger partial charge in [-0.3, -0.25) is 9.69 Å². The number of benzene rings is 1. The zero-order chi connectivity index (χ0) is 18.7. The van der Waals surface area contributed by atoms with E-state index in [9.17, 15) is 13.6 Å². The molecule has 0 bridgehead atoms. The number of rotatable bonds is 5. The number of likely N-dealkylation sites (N-methyl/N-ethyl adjacent to an activating group) is 1. The lowest BCUT2D eigenvalue weighted by Gasteiger charge is -2.34. The summed E-state index contributed by atoms with van der Waals surface area (Å²) in [6.45, 7) is 5.03. The summed E-state index contributed by atoms with van der Waals surface area (Å²) in [5.41, 5.74) is 0.831. The fraction of sp³-hybridized carbons (Fsp3) is 0.444. The Kier molecular flexibility index (Phi) is 5.95. The molecule has 1 amide bonds. The summed E-state index contributed by atoms with van der Waals surface area (Å²) in [5.74, 6) is -1.92. The Bertz CT molecular complexity index is 772. The summed E-state index contributed by atoms with van der Waals surface area (Å²) in [4.78, 5) is 23.3.